The molecule has 0 aliphatic heterocycles. The molecular weight excluding hydrogens is 168 g/mol. The number of unbranched alkanes of at least 4 members (excludes halogenated alkanes) is 2. The third-order valence-corrected chi connectivity index (χ3v) is 3.34. The van der Waals surface area contributed by atoms with Crippen LogP contribution in [0.5, 0.6) is 0 Å². The summed E-state index contributed by atoms with van der Waals surface area (Å²) in [5.41, 5.74) is 3.67. The molecule has 0 saturated carbocycles. The molecule has 0 fully saturated rings. The second-order valence-corrected chi connectivity index (χ2v) is 4.62. The molecule has 0 heteroatoms. The van der Waals surface area contributed by atoms with Crippen molar-refractivity contribution in [3.05, 3.63) is 11.1 Å². The SMILES string of the molecule is CCCCCC1=C(CCC)CCCC1. The molecule has 0 radical (unpaired) electrons. The minimum atomic E-state index is 1.34. The lowest BCUT2D eigenvalue weighted by atomic mass is 9.86. The fourth-order valence-electron chi connectivity index (χ4n) is 2.52. The summed E-state index contributed by atoms with van der Waals surface area (Å²) in [4.78, 5) is 0. The van der Waals surface area contributed by atoms with Crippen molar-refractivity contribution in [1.29, 1.82) is 0 Å². The van der Waals surface area contributed by atoms with E-state index in [1.165, 1.54) is 64.2 Å². The van der Waals surface area contributed by atoms with Crippen LogP contribution in [0.2, 0.25) is 0 Å². The molecular formula is C14H26. The van der Waals surface area contributed by atoms with Gasteiger partial charge in [-0.15, -0.1) is 0 Å². The van der Waals surface area contributed by atoms with Crippen molar-refractivity contribution in [1.82, 2.24) is 0 Å². The predicted molar refractivity (Wildman–Crippen MR) is 64.5 cm³/mol. The van der Waals surface area contributed by atoms with Gasteiger partial charge in [0.15, 0.2) is 0 Å². The van der Waals surface area contributed by atoms with Crippen molar-refractivity contribution < 1.29 is 0 Å². The first-order chi connectivity index (χ1) is 6.88. The predicted octanol–water partition coefficient (Wildman–Crippen LogP) is 5.24. The fourth-order valence-corrected chi connectivity index (χ4v) is 2.52. The zero-order valence-corrected chi connectivity index (χ0v) is 10.1. The van der Waals surface area contributed by atoms with Gasteiger partial charge in [-0.25, -0.2) is 0 Å². The van der Waals surface area contributed by atoms with E-state index in [9.17, 15) is 0 Å². The summed E-state index contributed by atoms with van der Waals surface area (Å²) in [5, 5.41) is 0. The average Bonchev–Trinajstić information content (AvgIpc) is 2.21. The highest BCUT2D eigenvalue weighted by molar-refractivity contribution is 5.16. The summed E-state index contributed by atoms with van der Waals surface area (Å²) in [6.07, 6.45) is 14.1. The fraction of sp³-hybridized carbons (Fsp3) is 0.857. The van der Waals surface area contributed by atoms with Crippen molar-refractivity contribution >= 4 is 0 Å². The van der Waals surface area contributed by atoms with Crippen LogP contribution in [0, 0.1) is 0 Å². The van der Waals surface area contributed by atoms with Gasteiger partial charge >= 0.3 is 0 Å². The van der Waals surface area contributed by atoms with E-state index in [0.29, 0.717) is 0 Å². The average molecular weight is 194 g/mol. The third-order valence-electron chi connectivity index (χ3n) is 3.34. The first-order valence-electron chi connectivity index (χ1n) is 6.58. The van der Waals surface area contributed by atoms with Gasteiger partial charge < -0.3 is 0 Å². The quantitative estimate of drug-likeness (QED) is 0.401. The molecule has 0 atom stereocenters. The van der Waals surface area contributed by atoms with Gasteiger partial charge in [-0.1, -0.05) is 44.3 Å². The molecule has 14 heavy (non-hydrogen) atoms. The Morgan fingerprint density at radius 1 is 0.786 bits per heavy atom. The normalized spacial score (nSPS) is 17.6. The maximum atomic E-state index is 2.31. The van der Waals surface area contributed by atoms with Crippen LogP contribution in [0.15, 0.2) is 11.1 Å². The van der Waals surface area contributed by atoms with Crippen LogP contribution in [0.4, 0.5) is 0 Å². The second-order valence-electron chi connectivity index (χ2n) is 4.62. The lowest BCUT2D eigenvalue weighted by Crippen LogP contribution is -2.00. The van der Waals surface area contributed by atoms with Crippen LogP contribution in [0.3, 0.4) is 0 Å². The molecule has 0 heterocycles. The molecule has 0 aromatic rings. The molecule has 0 unspecified atom stereocenters. The number of hydrogen-bond donors (Lipinski definition) is 0. The van der Waals surface area contributed by atoms with E-state index in [1.54, 1.807) is 0 Å². The van der Waals surface area contributed by atoms with Crippen LogP contribution >= 0.6 is 0 Å². The zero-order valence-electron chi connectivity index (χ0n) is 10.1. The summed E-state index contributed by atoms with van der Waals surface area (Å²) in [6, 6.07) is 0. The maximum absolute atomic E-state index is 2.31. The van der Waals surface area contributed by atoms with Gasteiger partial charge in [0.05, 0.1) is 0 Å². The van der Waals surface area contributed by atoms with Crippen molar-refractivity contribution in [2.45, 2.75) is 78.1 Å². The molecule has 0 nitrogen and oxygen atoms in total. The molecule has 0 bridgehead atoms. The topological polar surface area (TPSA) is 0 Å². The van der Waals surface area contributed by atoms with Gasteiger partial charge in [0.25, 0.3) is 0 Å². The van der Waals surface area contributed by atoms with Gasteiger partial charge in [0.1, 0.15) is 0 Å². The van der Waals surface area contributed by atoms with Gasteiger partial charge in [-0.05, 0) is 44.9 Å². The highest BCUT2D eigenvalue weighted by Gasteiger charge is 2.11. The summed E-state index contributed by atoms with van der Waals surface area (Å²) < 4.78 is 0. The van der Waals surface area contributed by atoms with E-state index < -0.39 is 0 Å². The first-order valence-corrected chi connectivity index (χ1v) is 6.58. The van der Waals surface area contributed by atoms with E-state index in [-0.39, 0.29) is 0 Å². The number of hydrogen-bond acceptors (Lipinski definition) is 0. The molecule has 0 spiro atoms. The molecule has 1 aliphatic carbocycles. The van der Waals surface area contributed by atoms with Crippen LogP contribution in [0.1, 0.15) is 78.1 Å². The largest absolute Gasteiger partial charge is 0.0710 e. The Bertz CT molecular complexity index is 176. The Morgan fingerprint density at radius 3 is 2.00 bits per heavy atom. The highest BCUT2D eigenvalue weighted by atomic mass is 14.2. The molecule has 0 aromatic heterocycles. The third kappa shape index (κ3) is 3.86. The summed E-state index contributed by atoms with van der Waals surface area (Å²) in [6.45, 7) is 4.60. The van der Waals surface area contributed by atoms with E-state index in [0.717, 1.165) is 0 Å². The minimum Gasteiger partial charge on any atom is -0.0710 e. The van der Waals surface area contributed by atoms with E-state index in [2.05, 4.69) is 13.8 Å². The van der Waals surface area contributed by atoms with Crippen molar-refractivity contribution in [3.8, 4) is 0 Å². The van der Waals surface area contributed by atoms with Crippen molar-refractivity contribution in [2.75, 3.05) is 0 Å². The minimum absolute atomic E-state index is 1.34. The molecule has 1 aliphatic rings. The Hall–Kier alpha value is -0.260. The van der Waals surface area contributed by atoms with Crippen LogP contribution in [-0.4, -0.2) is 0 Å². The zero-order chi connectivity index (χ0) is 10.2. The highest BCUT2D eigenvalue weighted by Crippen LogP contribution is 2.30. The molecule has 82 valence electrons. The summed E-state index contributed by atoms with van der Waals surface area (Å²) in [5.74, 6) is 0. The monoisotopic (exact) mass is 194 g/mol. The molecule has 0 aromatic carbocycles. The van der Waals surface area contributed by atoms with Crippen LogP contribution in [-0.2, 0) is 0 Å². The Kier molecular flexibility index (Phi) is 5.98. The van der Waals surface area contributed by atoms with Crippen LogP contribution in [0.25, 0.3) is 0 Å². The van der Waals surface area contributed by atoms with Crippen molar-refractivity contribution in [3.63, 3.8) is 0 Å². The van der Waals surface area contributed by atoms with Crippen molar-refractivity contribution in [2.24, 2.45) is 0 Å². The standard InChI is InChI=1S/C14H26/c1-3-5-6-10-14-12-8-7-11-13(14)9-4-2/h3-12H2,1-2H3. The molecule has 1 rings (SSSR count). The molecule has 0 saturated heterocycles. The number of allylic oxidation sites excluding steroid dienone is 2. The van der Waals surface area contributed by atoms with E-state index in [4.69, 9.17) is 0 Å². The lowest BCUT2D eigenvalue weighted by Gasteiger charge is -2.20. The lowest BCUT2D eigenvalue weighted by molar-refractivity contribution is 0.600. The van der Waals surface area contributed by atoms with E-state index >= 15 is 0 Å². The molecule has 0 N–H and O–H groups in total. The summed E-state index contributed by atoms with van der Waals surface area (Å²) >= 11 is 0. The van der Waals surface area contributed by atoms with Gasteiger partial charge in [0, 0.05) is 0 Å². The first kappa shape index (κ1) is 11.8. The van der Waals surface area contributed by atoms with Gasteiger partial charge in [-0.3, -0.25) is 0 Å². The van der Waals surface area contributed by atoms with Gasteiger partial charge in [0.2, 0.25) is 0 Å². The maximum Gasteiger partial charge on any atom is -0.0318 e. The Labute approximate surface area is 89.8 Å². The summed E-state index contributed by atoms with van der Waals surface area (Å²) in [7, 11) is 0. The Morgan fingerprint density at radius 2 is 1.43 bits per heavy atom. The number of rotatable bonds is 6. The Balaban J connectivity index is 2.41. The smallest absolute Gasteiger partial charge is 0.0318 e. The second kappa shape index (κ2) is 7.09. The van der Waals surface area contributed by atoms with E-state index in [1.807, 2.05) is 11.1 Å². The van der Waals surface area contributed by atoms with Gasteiger partial charge in [-0.2, -0.15) is 0 Å². The molecule has 0 amide bonds. The van der Waals surface area contributed by atoms with Crippen LogP contribution < -0.4 is 0 Å².